The standard InChI is InChI=1S/C17H16Cl2N4O/c1-2-3-8-23-10-21-15-14(19)13(9-20-16(15)23)17(24)22-12-6-4-11(18)5-7-12/h4-7,9-10H,2-3,8H2,1H3,(H,22,24). The number of aryl methyl sites for hydroxylation is 1. The molecule has 7 heteroatoms. The largest absolute Gasteiger partial charge is 0.322 e. The predicted molar refractivity (Wildman–Crippen MR) is 96.9 cm³/mol. The summed E-state index contributed by atoms with van der Waals surface area (Å²) in [5.41, 5.74) is 2.15. The Bertz CT molecular complexity index is 874. The van der Waals surface area contributed by atoms with Gasteiger partial charge in [0.2, 0.25) is 0 Å². The lowest BCUT2D eigenvalue weighted by molar-refractivity contribution is 0.102. The molecule has 0 saturated carbocycles. The van der Waals surface area contributed by atoms with Crippen LogP contribution in [0.15, 0.2) is 36.8 Å². The summed E-state index contributed by atoms with van der Waals surface area (Å²) in [6.45, 7) is 2.95. The highest BCUT2D eigenvalue weighted by atomic mass is 35.5. The minimum atomic E-state index is -0.333. The third kappa shape index (κ3) is 3.37. The fraction of sp³-hybridized carbons (Fsp3) is 0.235. The number of rotatable bonds is 5. The molecule has 0 spiro atoms. The minimum absolute atomic E-state index is 0.292. The third-order valence-electron chi connectivity index (χ3n) is 3.67. The number of nitrogens with one attached hydrogen (secondary N) is 1. The van der Waals surface area contributed by atoms with Gasteiger partial charge >= 0.3 is 0 Å². The fourth-order valence-corrected chi connectivity index (χ4v) is 2.75. The topological polar surface area (TPSA) is 59.8 Å². The Kier molecular flexibility index (Phi) is 5.02. The van der Waals surface area contributed by atoms with Crippen molar-refractivity contribution in [2.24, 2.45) is 0 Å². The zero-order valence-corrected chi connectivity index (χ0v) is 14.6. The summed E-state index contributed by atoms with van der Waals surface area (Å²) in [4.78, 5) is 21.1. The van der Waals surface area contributed by atoms with Gasteiger partial charge in [0.15, 0.2) is 5.65 Å². The van der Waals surface area contributed by atoms with E-state index in [-0.39, 0.29) is 5.91 Å². The molecule has 0 radical (unpaired) electrons. The molecule has 0 saturated heterocycles. The van der Waals surface area contributed by atoms with Crippen molar-refractivity contribution in [1.82, 2.24) is 14.5 Å². The first-order chi connectivity index (χ1) is 11.6. The molecular formula is C17H16Cl2N4O. The van der Waals surface area contributed by atoms with Crippen molar-refractivity contribution in [2.45, 2.75) is 26.3 Å². The van der Waals surface area contributed by atoms with Crippen molar-refractivity contribution in [1.29, 1.82) is 0 Å². The Morgan fingerprint density at radius 3 is 2.67 bits per heavy atom. The number of imidazole rings is 1. The van der Waals surface area contributed by atoms with Crippen LogP contribution < -0.4 is 5.32 Å². The van der Waals surface area contributed by atoms with Crippen LogP contribution in [0.2, 0.25) is 10.0 Å². The molecule has 124 valence electrons. The predicted octanol–water partition coefficient (Wildman–Crippen LogP) is 4.79. The number of amides is 1. The molecule has 1 aromatic carbocycles. The van der Waals surface area contributed by atoms with Gasteiger partial charge < -0.3 is 9.88 Å². The molecule has 1 N–H and O–H groups in total. The Balaban J connectivity index is 1.88. The van der Waals surface area contributed by atoms with Gasteiger partial charge in [-0.25, -0.2) is 9.97 Å². The summed E-state index contributed by atoms with van der Waals surface area (Å²) in [5, 5.41) is 3.69. The molecule has 0 aliphatic rings. The number of pyridine rings is 1. The van der Waals surface area contributed by atoms with Crippen LogP contribution in [0.3, 0.4) is 0 Å². The molecule has 0 atom stereocenters. The summed E-state index contributed by atoms with van der Waals surface area (Å²) in [6, 6.07) is 6.85. The van der Waals surface area contributed by atoms with Gasteiger partial charge in [-0.15, -0.1) is 0 Å². The summed E-state index contributed by atoms with van der Waals surface area (Å²) < 4.78 is 1.95. The zero-order chi connectivity index (χ0) is 17.1. The molecule has 2 aromatic heterocycles. The number of halogens is 2. The number of carbonyl (C=O) groups is 1. The Hall–Kier alpha value is -2.11. The molecule has 1 amide bonds. The Morgan fingerprint density at radius 1 is 1.21 bits per heavy atom. The first-order valence-corrected chi connectivity index (χ1v) is 8.42. The second-order valence-electron chi connectivity index (χ2n) is 5.41. The quantitative estimate of drug-likeness (QED) is 0.709. The lowest BCUT2D eigenvalue weighted by atomic mass is 10.2. The van der Waals surface area contributed by atoms with E-state index < -0.39 is 0 Å². The maximum atomic E-state index is 12.4. The van der Waals surface area contributed by atoms with E-state index >= 15 is 0 Å². The average molecular weight is 363 g/mol. The highest BCUT2D eigenvalue weighted by molar-refractivity contribution is 6.38. The Morgan fingerprint density at radius 2 is 1.96 bits per heavy atom. The normalized spacial score (nSPS) is 11.0. The van der Waals surface area contributed by atoms with Gasteiger partial charge in [0.05, 0.1) is 16.9 Å². The zero-order valence-electron chi connectivity index (χ0n) is 13.1. The van der Waals surface area contributed by atoms with Crippen LogP contribution in [-0.4, -0.2) is 20.4 Å². The van der Waals surface area contributed by atoms with Crippen LogP contribution in [0, 0.1) is 0 Å². The highest BCUT2D eigenvalue weighted by Gasteiger charge is 2.17. The maximum absolute atomic E-state index is 12.4. The second kappa shape index (κ2) is 7.20. The van der Waals surface area contributed by atoms with Gasteiger partial charge in [-0.05, 0) is 30.7 Å². The lowest BCUT2D eigenvalue weighted by Crippen LogP contribution is -2.13. The summed E-state index contributed by atoms with van der Waals surface area (Å²) in [7, 11) is 0. The number of aromatic nitrogens is 3. The van der Waals surface area contributed by atoms with E-state index in [4.69, 9.17) is 23.2 Å². The second-order valence-corrected chi connectivity index (χ2v) is 6.23. The first-order valence-electron chi connectivity index (χ1n) is 7.66. The molecule has 2 heterocycles. The molecule has 0 fully saturated rings. The minimum Gasteiger partial charge on any atom is -0.322 e. The highest BCUT2D eigenvalue weighted by Crippen LogP contribution is 2.25. The van der Waals surface area contributed by atoms with E-state index in [0.717, 1.165) is 19.4 Å². The van der Waals surface area contributed by atoms with E-state index in [0.29, 0.717) is 32.5 Å². The smallest absolute Gasteiger partial charge is 0.258 e. The van der Waals surface area contributed by atoms with Crippen LogP contribution in [0.5, 0.6) is 0 Å². The SMILES string of the molecule is CCCCn1cnc2c(Cl)c(C(=O)Nc3ccc(Cl)cc3)cnc21. The number of benzene rings is 1. The molecular weight excluding hydrogens is 347 g/mol. The van der Waals surface area contributed by atoms with E-state index in [2.05, 4.69) is 22.2 Å². The molecule has 0 bridgehead atoms. The van der Waals surface area contributed by atoms with Gasteiger partial charge in [0, 0.05) is 23.5 Å². The van der Waals surface area contributed by atoms with Gasteiger partial charge in [-0.2, -0.15) is 0 Å². The molecule has 3 aromatic rings. The van der Waals surface area contributed by atoms with Crippen molar-refractivity contribution in [3.05, 3.63) is 52.4 Å². The first kappa shape index (κ1) is 16.7. The van der Waals surface area contributed by atoms with E-state index in [9.17, 15) is 4.79 Å². The molecule has 0 unspecified atom stereocenters. The number of nitrogens with zero attached hydrogens (tertiary/aromatic N) is 3. The summed E-state index contributed by atoms with van der Waals surface area (Å²) in [5.74, 6) is -0.333. The molecule has 0 aliphatic heterocycles. The van der Waals surface area contributed by atoms with E-state index in [1.54, 1.807) is 30.6 Å². The summed E-state index contributed by atoms with van der Waals surface area (Å²) >= 11 is 12.2. The average Bonchev–Trinajstić information content (AvgIpc) is 2.99. The number of carbonyl (C=O) groups excluding carboxylic acids is 1. The number of unbranched alkanes of at least 4 members (excludes halogenated alkanes) is 1. The van der Waals surface area contributed by atoms with Crippen LogP contribution in [0.25, 0.3) is 11.2 Å². The molecule has 3 rings (SSSR count). The van der Waals surface area contributed by atoms with Crippen LogP contribution in [-0.2, 0) is 6.54 Å². The van der Waals surface area contributed by atoms with Crippen LogP contribution in [0.4, 0.5) is 5.69 Å². The number of hydrogen-bond acceptors (Lipinski definition) is 3. The van der Waals surface area contributed by atoms with Crippen molar-refractivity contribution in [2.75, 3.05) is 5.32 Å². The van der Waals surface area contributed by atoms with Crippen molar-refractivity contribution in [3.8, 4) is 0 Å². The number of hydrogen-bond donors (Lipinski definition) is 1. The van der Waals surface area contributed by atoms with Gasteiger partial charge in [-0.3, -0.25) is 4.79 Å². The number of anilines is 1. The van der Waals surface area contributed by atoms with Crippen molar-refractivity contribution >= 4 is 46.0 Å². The fourth-order valence-electron chi connectivity index (χ4n) is 2.36. The lowest BCUT2D eigenvalue weighted by Gasteiger charge is -2.08. The molecule has 24 heavy (non-hydrogen) atoms. The maximum Gasteiger partial charge on any atom is 0.258 e. The van der Waals surface area contributed by atoms with Gasteiger partial charge in [0.1, 0.15) is 5.52 Å². The van der Waals surface area contributed by atoms with Crippen molar-refractivity contribution in [3.63, 3.8) is 0 Å². The van der Waals surface area contributed by atoms with Crippen molar-refractivity contribution < 1.29 is 4.79 Å². The van der Waals surface area contributed by atoms with Gasteiger partial charge in [0.25, 0.3) is 5.91 Å². The van der Waals surface area contributed by atoms with Crippen LogP contribution >= 0.6 is 23.2 Å². The number of fused-ring (bicyclic) bond motifs is 1. The molecule has 5 nitrogen and oxygen atoms in total. The third-order valence-corrected chi connectivity index (χ3v) is 4.30. The summed E-state index contributed by atoms with van der Waals surface area (Å²) in [6.07, 6.45) is 5.30. The van der Waals surface area contributed by atoms with E-state index in [1.807, 2.05) is 4.57 Å². The van der Waals surface area contributed by atoms with Gasteiger partial charge in [-0.1, -0.05) is 36.5 Å². The monoisotopic (exact) mass is 362 g/mol. The molecule has 0 aliphatic carbocycles. The Labute approximate surface area is 149 Å². The van der Waals surface area contributed by atoms with Crippen LogP contribution in [0.1, 0.15) is 30.1 Å². The van der Waals surface area contributed by atoms with E-state index in [1.165, 1.54) is 6.20 Å².